The molecule has 0 spiro atoms. The molecule has 2 N–H and O–H groups in total. The fraction of sp³-hybridized carbons (Fsp3) is 0.125. The molecule has 0 aromatic carbocycles. The molecule has 1 aliphatic heterocycles. The van der Waals surface area contributed by atoms with Crippen molar-refractivity contribution in [3.05, 3.63) is 26.6 Å². The molecule has 1 fully saturated rings. The predicted octanol–water partition coefficient (Wildman–Crippen LogP) is 0.765. The zero-order valence-electron chi connectivity index (χ0n) is 7.62. The van der Waals surface area contributed by atoms with E-state index >= 15 is 0 Å². The number of hydrogen-bond acceptors (Lipinski definition) is 5. The highest BCUT2D eigenvalue weighted by Crippen LogP contribution is 2.25. The summed E-state index contributed by atoms with van der Waals surface area (Å²) < 4.78 is 5.29. The molecule has 1 aromatic heterocycles. The van der Waals surface area contributed by atoms with E-state index in [4.69, 9.17) is 16.7 Å². The van der Waals surface area contributed by atoms with Crippen molar-refractivity contribution in [2.24, 2.45) is 0 Å². The first-order chi connectivity index (χ1) is 7.08. The standard InChI is InChI=1S/C8H6N2O3S2/c1-3-4(13-10-6(3)11)2-5-7(12)9-8(14)15-5/h2H,1H3,(H,10,11)(H,9,12,14)/b5-2-. The number of nitrogens with one attached hydrogen (secondary N) is 2. The number of amides is 1. The predicted molar refractivity (Wildman–Crippen MR) is 60.4 cm³/mol. The SMILES string of the molecule is Cc1c(/C=C2\SC(=S)NC2=O)o[nH]c1=O. The lowest BCUT2D eigenvalue weighted by atomic mass is 10.2. The van der Waals surface area contributed by atoms with Crippen molar-refractivity contribution in [2.75, 3.05) is 0 Å². The molecule has 0 saturated carbocycles. The molecule has 1 saturated heterocycles. The van der Waals surface area contributed by atoms with E-state index in [-0.39, 0.29) is 11.5 Å². The average Bonchev–Trinajstić information content (AvgIpc) is 2.64. The van der Waals surface area contributed by atoms with E-state index in [1.807, 2.05) is 0 Å². The van der Waals surface area contributed by atoms with Crippen molar-refractivity contribution >= 4 is 40.3 Å². The quantitative estimate of drug-likeness (QED) is 0.562. The van der Waals surface area contributed by atoms with E-state index in [1.54, 1.807) is 6.92 Å². The smallest absolute Gasteiger partial charge is 0.283 e. The highest BCUT2D eigenvalue weighted by atomic mass is 32.2. The molecular weight excluding hydrogens is 236 g/mol. The maximum absolute atomic E-state index is 11.3. The van der Waals surface area contributed by atoms with Gasteiger partial charge in [-0.3, -0.25) is 9.59 Å². The van der Waals surface area contributed by atoms with Gasteiger partial charge >= 0.3 is 0 Å². The van der Waals surface area contributed by atoms with Crippen LogP contribution >= 0.6 is 24.0 Å². The Balaban J connectivity index is 2.39. The van der Waals surface area contributed by atoms with Crippen LogP contribution in [-0.4, -0.2) is 15.4 Å². The fourth-order valence-electron chi connectivity index (χ4n) is 1.04. The Bertz CT molecular complexity index is 526. The highest BCUT2D eigenvalue weighted by molar-refractivity contribution is 8.26. The Morgan fingerprint density at radius 2 is 2.20 bits per heavy atom. The molecule has 1 amide bonds. The molecule has 0 aliphatic carbocycles. The second kappa shape index (κ2) is 3.67. The number of thioether (sulfide) groups is 1. The van der Waals surface area contributed by atoms with Gasteiger partial charge in [0, 0.05) is 6.08 Å². The number of H-pyrrole nitrogens is 1. The molecule has 15 heavy (non-hydrogen) atoms. The maximum atomic E-state index is 11.3. The molecule has 2 rings (SSSR count). The minimum Gasteiger partial charge on any atom is -0.379 e. The molecule has 0 atom stereocenters. The van der Waals surface area contributed by atoms with Gasteiger partial charge in [-0.1, -0.05) is 24.0 Å². The lowest BCUT2D eigenvalue weighted by Gasteiger charge is -1.89. The number of hydrogen-bond donors (Lipinski definition) is 2. The summed E-state index contributed by atoms with van der Waals surface area (Å²) in [6.45, 7) is 1.62. The van der Waals surface area contributed by atoms with Gasteiger partial charge in [0.2, 0.25) is 0 Å². The van der Waals surface area contributed by atoms with Crippen LogP contribution < -0.4 is 10.9 Å². The number of carbonyl (C=O) groups is 1. The first-order valence-electron chi connectivity index (χ1n) is 4.01. The summed E-state index contributed by atoms with van der Waals surface area (Å²) in [5.41, 5.74) is 0.140. The zero-order valence-corrected chi connectivity index (χ0v) is 9.25. The van der Waals surface area contributed by atoms with E-state index in [0.29, 0.717) is 20.5 Å². The van der Waals surface area contributed by atoms with Crippen LogP contribution in [0.1, 0.15) is 11.3 Å². The summed E-state index contributed by atoms with van der Waals surface area (Å²) >= 11 is 5.96. The molecule has 1 aliphatic rings. The molecule has 0 unspecified atom stereocenters. The largest absolute Gasteiger partial charge is 0.379 e. The van der Waals surface area contributed by atoms with Gasteiger partial charge in [-0.05, 0) is 6.92 Å². The molecule has 78 valence electrons. The fourth-order valence-corrected chi connectivity index (χ4v) is 2.06. The van der Waals surface area contributed by atoms with Gasteiger partial charge in [0.25, 0.3) is 11.5 Å². The van der Waals surface area contributed by atoms with E-state index in [1.165, 1.54) is 6.08 Å². The van der Waals surface area contributed by atoms with Crippen molar-refractivity contribution in [1.29, 1.82) is 0 Å². The summed E-state index contributed by atoms with van der Waals surface area (Å²) in [7, 11) is 0. The Hall–Kier alpha value is -1.34. The van der Waals surface area contributed by atoms with Crippen molar-refractivity contribution < 1.29 is 9.32 Å². The Morgan fingerprint density at radius 1 is 1.47 bits per heavy atom. The van der Waals surface area contributed by atoms with E-state index in [9.17, 15) is 9.59 Å². The summed E-state index contributed by atoms with van der Waals surface area (Å²) in [6, 6.07) is 0. The second-order valence-electron chi connectivity index (χ2n) is 2.87. The Kier molecular flexibility index (Phi) is 2.49. The molecule has 2 heterocycles. The van der Waals surface area contributed by atoms with Crippen LogP contribution in [0.15, 0.2) is 14.2 Å². The normalized spacial score (nSPS) is 18.6. The number of aromatic nitrogens is 1. The second-order valence-corrected chi connectivity index (χ2v) is 4.59. The molecule has 7 heteroatoms. The topological polar surface area (TPSA) is 75.1 Å². The number of rotatable bonds is 1. The zero-order chi connectivity index (χ0) is 11.0. The Labute approximate surface area is 93.9 Å². The van der Waals surface area contributed by atoms with Crippen molar-refractivity contribution in [2.45, 2.75) is 6.92 Å². The van der Waals surface area contributed by atoms with Gasteiger partial charge in [0.1, 0.15) is 4.32 Å². The summed E-state index contributed by atoms with van der Waals surface area (Å²) in [6.07, 6.45) is 1.49. The first kappa shape index (κ1) is 10.2. The van der Waals surface area contributed by atoms with Gasteiger partial charge in [-0.25, -0.2) is 0 Å². The lowest BCUT2D eigenvalue weighted by Crippen LogP contribution is -2.17. The average molecular weight is 242 g/mol. The van der Waals surface area contributed by atoms with Crippen molar-refractivity contribution in [3.8, 4) is 0 Å². The molecule has 0 bridgehead atoms. The Morgan fingerprint density at radius 3 is 2.67 bits per heavy atom. The third-order valence-electron chi connectivity index (χ3n) is 1.87. The number of aromatic amines is 1. The minimum absolute atomic E-state index is 0.270. The third-order valence-corrected chi connectivity index (χ3v) is 3.03. The van der Waals surface area contributed by atoms with Crippen LogP contribution in [-0.2, 0) is 4.79 Å². The van der Waals surface area contributed by atoms with Crippen LogP contribution in [0, 0.1) is 6.92 Å². The van der Waals surface area contributed by atoms with Crippen LogP contribution in [0.2, 0.25) is 0 Å². The van der Waals surface area contributed by atoms with E-state index in [0.717, 1.165) is 11.8 Å². The van der Waals surface area contributed by atoms with Crippen LogP contribution in [0.4, 0.5) is 0 Å². The minimum atomic E-state index is -0.298. The van der Waals surface area contributed by atoms with Crippen molar-refractivity contribution in [3.63, 3.8) is 0 Å². The van der Waals surface area contributed by atoms with Gasteiger partial charge < -0.3 is 9.84 Å². The van der Waals surface area contributed by atoms with Crippen LogP contribution in [0.5, 0.6) is 0 Å². The third kappa shape index (κ3) is 1.88. The highest BCUT2D eigenvalue weighted by Gasteiger charge is 2.23. The number of thiocarbonyl (C=S) groups is 1. The maximum Gasteiger partial charge on any atom is 0.283 e. The molecule has 5 nitrogen and oxygen atoms in total. The lowest BCUT2D eigenvalue weighted by molar-refractivity contribution is -0.115. The van der Waals surface area contributed by atoms with Gasteiger partial charge in [-0.15, -0.1) is 0 Å². The van der Waals surface area contributed by atoms with Crippen molar-refractivity contribution in [1.82, 2.24) is 10.5 Å². The van der Waals surface area contributed by atoms with E-state index < -0.39 is 0 Å². The molecule has 1 aromatic rings. The first-order valence-corrected chi connectivity index (χ1v) is 5.23. The summed E-state index contributed by atoms with van der Waals surface area (Å²) in [5, 5.41) is 4.66. The van der Waals surface area contributed by atoms with Crippen LogP contribution in [0.25, 0.3) is 6.08 Å². The van der Waals surface area contributed by atoms with Gasteiger partial charge in [0.05, 0.1) is 10.5 Å². The van der Waals surface area contributed by atoms with Crippen LogP contribution in [0.3, 0.4) is 0 Å². The summed E-state index contributed by atoms with van der Waals surface area (Å²) in [5.74, 6) is 0.0793. The summed E-state index contributed by atoms with van der Waals surface area (Å²) in [4.78, 5) is 22.8. The van der Waals surface area contributed by atoms with E-state index in [2.05, 4.69) is 10.5 Å². The number of carbonyl (C=O) groups excluding carboxylic acids is 1. The molecule has 0 radical (unpaired) electrons. The van der Waals surface area contributed by atoms with Gasteiger partial charge in [-0.2, -0.15) is 5.16 Å². The van der Waals surface area contributed by atoms with Gasteiger partial charge in [0.15, 0.2) is 5.76 Å². The molecular formula is C8H6N2O3S2. The monoisotopic (exact) mass is 242 g/mol.